The first-order valence-electron chi connectivity index (χ1n) is 4.15. The average Bonchev–Trinajstić information content (AvgIpc) is 2.44. The Morgan fingerprint density at radius 2 is 2.29 bits per heavy atom. The maximum absolute atomic E-state index is 11.2. The maximum Gasteiger partial charge on any atom is 0.351 e. The van der Waals surface area contributed by atoms with Crippen LogP contribution in [0, 0.1) is 0 Å². The summed E-state index contributed by atoms with van der Waals surface area (Å²) in [5.41, 5.74) is 5.55. The van der Waals surface area contributed by atoms with E-state index in [1.54, 1.807) is 0 Å². The molecule has 5 nitrogen and oxygen atoms in total. The number of hydrogen-bond acceptors (Lipinski definition) is 6. The van der Waals surface area contributed by atoms with E-state index < -0.39 is 5.97 Å². The number of hydrogen-bond donors (Lipinski definition) is 2. The molecule has 0 aromatic carbocycles. The number of rotatable bonds is 3. The summed E-state index contributed by atoms with van der Waals surface area (Å²) in [6.07, 6.45) is 0. The summed E-state index contributed by atoms with van der Waals surface area (Å²) >= 11 is 1.20. The van der Waals surface area contributed by atoms with Crippen LogP contribution in [-0.4, -0.2) is 24.1 Å². The molecule has 0 aliphatic carbocycles. The third kappa shape index (κ3) is 2.35. The topological polar surface area (TPSA) is 77.2 Å². The molecular formula is C8H13N3O2S. The second-order valence-electron chi connectivity index (χ2n) is 3.02. The SMILES string of the molecule is COC(=O)c1sc(NC(C)C)nc1N. The molecule has 0 aliphatic heterocycles. The fourth-order valence-electron chi connectivity index (χ4n) is 0.880. The highest BCUT2D eigenvalue weighted by Gasteiger charge is 2.16. The Balaban J connectivity index is 2.87. The van der Waals surface area contributed by atoms with Crippen LogP contribution < -0.4 is 11.1 Å². The quantitative estimate of drug-likeness (QED) is 0.744. The van der Waals surface area contributed by atoms with Gasteiger partial charge in [-0.25, -0.2) is 9.78 Å². The van der Waals surface area contributed by atoms with Gasteiger partial charge in [-0.2, -0.15) is 0 Å². The van der Waals surface area contributed by atoms with Crippen LogP contribution in [-0.2, 0) is 4.74 Å². The van der Waals surface area contributed by atoms with E-state index >= 15 is 0 Å². The number of thiazole rings is 1. The van der Waals surface area contributed by atoms with Gasteiger partial charge in [-0.15, -0.1) is 0 Å². The van der Waals surface area contributed by atoms with Gasteiger partial charge >= 0.3 is 5.97 Å². The molecule has 0 atom stereocenters. The lowest BCUT2D eigenvalue weighted by Crippen LogP contribution is -2.09. The number of anilines is 2. The van der Waals surface area contributed by atoms with Crippen LogP contribution in [0.15, 0.2) is 0 Å². The number of nitrogens with zero attached hydrogens (tertiary/aromatic N) is 1. The van der Waals surface area contributed by atoms with Crippen molar-refractivity contribution in [3.63, 3.8) is 0 Å². The van der Waals surface area contributed by atoms with Gasteiger partial charge in [0.25, 0.3) is 0 Å². The van der Waals surface area contributed by atoms with Crippen LogP contribution in [0.5, 0.6) is 0 Å². The molecular weight excluding hydrogens is 202 g/mol. The Morgan fingerprint density at radius 3 is 2.79 bits per heavy atom. The zero-order valence-corrected chi connectivity index (χ0v) is 9.14. The molecule has 0 unspecified atom stereocenters. The number of methoxy groups -OCH3 is 1. The highest BCUT2D eigenvalue weighted by molar-refractivity contribution is 7.17. The van der Waals surface area contributed by atoms with Crippen molar-refractivity contribution in [3.05, 3.63) is 4.88 Å². The summed E-state index contributed by atoms with van der Waals surface area (Å²) in [6.45, 7) is 3.96. The third-order valence-electron chi connectivity index (χ3n) is 1.44. The van der Waals surface area contributed by atoms with E-state index in [9.17, 15) is 4.79 Å². The Hall–Kier alpha value is -1.30. The second-order valence-corrected chi connectivity index (χ2v) is 4.02. The van der Waals surface area contributed by atoms with Gasteiger partial charge in [-0.05, 0) is 13.8 Å². The summed E-state index contributed by atoms with van der Waals surface area (Å²) in [5, 5.41) is 3.70. The molecule has 0 amide bonds. The number of aromatic nitrogens is 1. The third-order valence-corrected chi connectivity index (χ3v) is 2.42. The van der Waals surface area contributed by atoms with Crippen LogP contribution in [0.3, 0.4) is 0 Å². The van der Waals surface area contributed by atoms with E-state index in [0.717, 1.165) is 0 Å². The molecule has 78 valence electrons. The van der Waals surface area contributed by atoms with Gasteiger partial charge < -0.3 is 15.8 Å². The van der Waals surface area contributed by atoms with E-state index in [1.807, 2.05) is 13.8 Å². The summed E-state index contributed by atoms with van der Waals surface area (Å²) in [6, 6.07) is 0.256. The number of nitrogen functional groups attached to an aromatic ring is 1. The Bertz CT molecular complexity index is 335. The van der Waals surface area contributed by atoms with Gasteiger partial charge in [0.2, 0.25) is 0 Å². The summed E-state index contributed by atoms with van der Waals surface area (Å²) < 4.78 is 4.56. The van der Waals surface area contributed by atoms with Crippen molar-refractivity contribution in [1.29, 1.82) is 0 Å². The standard InChI is InChI=1S/C8H13N3O2S/c1-4(2)10-8-11-6(9)5(14-8)7(12)13-3/h4H,9H2,1-3H3,(H,10,11). The monoisotopic (exact) mass is 215 g/mol. The number of carbonyl (C=O) groups is 1. The minimum atomic E-state index is -0.447. The molecule has 6 heteroatoms. The van der Waals surface area contributed by atoms with Crippen molar-refractivity contribution >= 4 is 28.3 Å². The van der Waals surface area contributed by atoms with Crippen LogP contribution in [0.4, 0.5) is 10.9 Å². The molecule has 3 N–H and O–H groups in total. The minimum Gasteiger partial charge on any atom is -0.465 e. The molecule has 0 fully saturated rings. The van der Waals surface area contributed by atoms with E-state index in [2.05, 4.69) is 15.0 Å². The van der Waals surface area contributed by atoms with Crippen molar-refractivity contribution < 1.29 is 9.53 Å². The minimum absolute atomic E-state index is 0.213. The van der Waals surface area contributed by atoms with E-state index in [-0.39, 0.29) is 11.9 Å². The molecule has 0 bridgehead atoms. The molecule has 0 saturated carbocycles. The van der Waals surface area contributed by atoms with Crippen LogP contribution >= 0.6 is 11.3 Å². The molecule has 1 aromatic heterocycles. The number of carbonyl (C=O) groups excluding carboxylic acids is 1. The average molecular weight is 215 g/mol. The van der Waals surface area contributed by atoms with E-state index in [4.69, 9.17) is 5.73 Å². The highest BCUT2D eigenvalue weighted by atomic mass is 32.1. The molecule has 0 radical (unpaired) electrons. The predicted molar refractivity (Wildman–Crippen MR) is 56.6 cm³/mol. The molecule has 0 saturated heterocycles. The summed E-state index contributed by atoms with van der Waals surface area (Å²) in [4.78, 5) is 15.5. The van der Waals surface area contributed by atoms with Crippen molar-refractivity contribution in [1.82, 2.24) is 4.98 Å². The fourth-order valence-corrected chi connectivity index (χ4v) is 1.83. The first-order chi connectivity index (χ1) is 6.54. The lowest BCUT2D eigenvalue weighted by atomic mass is 10.4. The predicted octanol–water partition coefficient (Wildman–Crippen LogP) is 1.33. The Labute approximate surface area is 86.3 Å². The van der Waals surface area contributed by atoms with Gasteiger partial charge in [0.15, 0.2) is 15.8 Å². The Kier molecular flexibility index (Phi) is 3.29. The summed E-state index contributed by atoms with van der Waals surface area (Å²) in [7, 11) is 1.32. The first kappa shape index (κ1) is 10.8. The summed E-state index contributed by atoms with van der Waals surface area (Å²) in [5.74, 6) is -0.234. The van der Waals surface area contributed by atoms with Gasteiger partial charge in [0.05, 0.1) is 7.11 Å². The van der Waals surface area contributed by atoms with Crippen molar-refractivity contribution in [2.75, 3.05) is 18.2 Å². The fraction of sp³-hybridized carbons (Fsp3) is 0.500. The van der Waals surface area contributed by atoms with Crippen LogP contribution in [0.2, 0.25) is 0 Å². The number of nitrogens with one attached hydrogen (secondary N) is 1. The largest absolute Gasteiger partial charge is 0.465 e. The highest BCUT2D eigenvalue weighted by Crippen LogP contribution is 2.25. The van der Waals surface area contributed by atoms with Crippen LogP contribution in [0.25, 0.3) is 0 Å². The normalized spacial score (nSPS) is 10.3. The van der Waals surface area contributed by atoms with E-state index in [0.29, 0.717) is 10.0 Å². The maximum atomic E-state index is 11.2. The molecule has 14 heavy (non-hydrogen) atoms. The first-order valence-corrected chi connectivity index (χ1v) is 4.97. The van der Waals surface area contributed by atoms with Gasteiger partial charge in [0.1, 0.15) is 0 Å². The number of esters is 1. The lowest BCUT2D eigenvalue weighted by Gasteiger charge is -2.03. The van der Waals surface area contributed by atoms with Gasteiger partial charge in [-0.3, -0.25) is 0 Å². The van der Waals surface area contributed by atoms with Crippen molar-refractivity contribution in [2.45, 2.75) is 19.9 Å². The Morgan fingerprint density at radius 1 is 1.64 bits per heavy atom. The van der Waals surface area contributed by atoms with E-state index in [1.165, 1.54) is 18.4 Å². The molecule has 1 aromatic rings. The lowest BCUT2D eigenvalue weighted by molar-refractivity contribution is 0.0607. The molecule has 1 rings (SSSR count). The van der Waals surface area contributed by atoms with Crippen molar-refractivity contribution in [2.24, 2.45) is 0 Å². The molecule has 0 spiro atoms. The number of nitrogens with two attached hydrogens (primary N) is 1. The van der Waals surface area contributed by atoms with Crippen molar-refractivity contribution in [3.8, 4) is 0 Å². The van der Waals surface area contributed by atoms with Gasteiger partial charge in [-0.1, -0.05) is 11.3 Å². The second kappa shape index (κ2) is 4.28. The molecule has 0 aliphatic rings. The number of ether oxygens (including phenoxy) is 1. The zero-order chi connectivity index (χ0) is 10.7. The zero-order valence-electron chi connectivity index (χ0n) is 8.33. The smallest absolute Gasteiger partial charge is 0.351 e. The van der Waals surface area contributed by atoms with Crippen LogP contribution in [0.1, 0.15) is 23.5 Å². The van der Waals surface area contributed by atoms with Gasteiger partial charge in [0, 0.05) is 6.04 Å². The molecule has 1 heterocycles.